The number of aliphatic imine (C=N–C) groups is 1. The van der Waals surface area contributed by atoms with Crippen molar-refractivity contribution in [1.29, 1.82) is 0 Å². The minimum absolute atomic E-state index is 0.0659. The van der Waals surface area contributed by atoms with Gasteiger partial charge < -0.3 is 14.8 Å². The molecule has 5 rings (SSSR count). The van der Waals surface area contributed by atoms with E-state index in [9.17, 15) is 22.8 Å². The maximum Gasteiger partial charge on any atom is 0.573 e. The molecule has 0 bridgehead atoms. The van der Waals surface area contributed by atoms with E-state index in [1.54, 1.807) is 24.3 Å². The lowest BCUT2D eigenvalue weighted by Crippen LogP contribution is -2.31. The van der Waals surface area contributed by atoms with Crippen molar-refractivity contribution in [3.63, 3.8) is 0 Å². The van der Waals surface area contributed by atoms with Crippen LogP contribution in [0.2, 0.25) is 0 Å². The van der Waals surface area contributed by atoms with Crippen LogP contribution in [0.15, 0.2) is 78.0 Å². The number of rotatable bonds is 8. The third-order valence-corrected chi connectivity index (χ3v) is 7.31. The second kappa shape index (κ2) is 12.8. The summed E-state index contributed by atoms with van der Waals surface area (Å²) < 4.78 is 47.9. The molecule has 1 fully saturated rings. The fourth-order valence-corrected chi connectivity index (χ4v) is 5.19. The number of ether oxygens (including phenoxy) is 2. The molecule has 1 N–H and O–H groups in total. The molecule has 1 aliphatic rings. The predicted octanol–water partition coefficient (Wildman–Crippen LogP) is 6.84. The van der Waals surface area contributed by atoms with Crippen molar-refractivity contribution in [3.05, 3.63) is 89.7 Å². The van der Waals surface area contributed by atoms with Gasteiger partial charge in [-0.05, 0) is 72.0 Å². The molecule has 0 saturated carbocycles. The average molecular weight is 625 g/mol. The van der Waals surface area contributed by atoms with Crippen LogP contribution in [0.5, 0.6) is 11.8 Å². The zero-order chi connectivity index (χ0) is 31.4. The summed E-state index contributed by atoms with van der Waals surface area (Å²) in [5.74, 6) is -0.105. The van der Waals surface area contributed by atoms with Crippen LogP contribution in [0.1, 0.15) is 36.5 Å². The molecule has 3 amide bonds. The van der Waals surface area contributed by atoms with Gasteiger partial charge in [-0.2, -0.15) is 9.98 Å². The fraction of sp³-hybridized carbons (Fsp3) is 0.233. The third-order valence-electron chi connectivity index (χ3n) is 6.39. The molecule has 10 nitrogen and oxygen atoms in total. The maximum absolute atomic E-state index is 12.8. The SMILES string of the molecule is Cc1ccc(C(C)C)c(N2C(=O)CS/C2=N\C(=O)Nc2ccc(COc3ncn(-c4ccc(OC(F)(F)F)cc4)n3)cc2)c1. The Hall–Kier alpha value is -4.85. The maximum atomic E-state index is 12.8. The van der Waals surface area contributed by atoms with E-state index in [-0.39, 0.29) is 35.9 Å². The normalized spacial score (nSPS) is 14.4. The number of urea groups is 1. The molecule has 0 radical (unpaired) electrons. The zero-order valence-electron chi connectivity index (χ0n) is 23.8. The number of halogens is 3. The van der Waals surface area contributed by atoms with Gasteiger partial charge in [0.05, 0.1) is 17.1 Å². The molecule has 1 aromatic heterocycles. The minimum atomic E-state index is -4.77. The lowest BCUT2D eigenvalue weighted by molar-refractivity contribution is -0.274. The molecule has 14 heteroatoms. The van der Waals surface area contributed by atoms with Gasteiger partial charge in [0.25, 0.3) is 0 Å². The van der Waals surface area contributed by atoms with Crippen molar-refractivity contribution in [2.45, 2.75) is 39.7 Å². The van der Waals surface area contributed by atoms with Gasteiger partial charge >= 0.3 is 18.4 Å². The lowest BCUT2D eigenvalue weighted by Gasteiger charge is -2.22. The van der Waals surface area contributed by atoms with Crippen LogP contribution in [0, 0.1) is 6.92 Å². The highest BCUT2D eigenvalue weighted by Crippen LogP contribution is 2.34. The van der Waals surface area contributed by atoms with Gasteiger partial charge in [0.1, 0.15) is 18.7 Å². The number of anilines is 2. The van der Waals surface area contributed by atoms with Gasteiger partial charge in [-0.15, -0.1) is 18.3 Å². The van der Waals surface area contributed by atoms with Crippen LogP contribution < -0.4 is 19.7 Å². The first-order valence-corrected chi connectivity index (χ1v) is 14.4. The Balaban J connectivity index is 1.18. The molecule has 2 heterocycles. The summed E-state index contributed by atoms with van der Waals surface area (Å²) in [4.78, 5) is 35.3. The van der Waals surface area contributed by atoms with E-state index in [4.69, 9.17) is 4.74 Å². The highest BCUT2D eigenvalue weighted by atomic mass is 32.2. The predicted molar refractivity (Wildman–Crippen MR) is 160 cm³/mol. The average Bonchev–Trinajstić information content (AvgIpc) is 3.58. The van der Waals surface area contributed by atoms with Crippen molar-refractivity contribution in [2.75, 3.05) is 16.0 Å². The highest BCUT2D eigenvalue weighted by Gasteiger charge is 2.33. The molecular formula is C30H27F3N6O4S. The molecule has 3 aromatic carbocycles. The fourth-order valence-electron chi connectivity index (χ4n) is 4.33. The largest absolute Gasteiger partial charge is 0.573 e. The molecule has 0 unspecified atom stereocenters. The molecule has 0 spiro atoms. The Morgan fingerprint density at radius 3 is 2.50 bits per heavy atom. The molecule has 228 valence electrons. The van der Waals surface area contributed by atoms with Crippen molar-refractivity contribution in [1.82, 2.24) is 14.8 Å². The minimum Gasteiger partial charge on any atom is -0.458 e. The summed E-state index contributed by atoms with van der Waals surface area (Å²) in [6.07, 6.45) is -3.40. The van der Waals surface area contributed by atoms with Crippen LogP contribution in [-0.2, 0) is 11.4 Å². The number of hydrogen-bond donors (Lipinski definition) is 1. The molecule has 4 aromatic rings. The quantitative estimate of drug-likeness (QED) is 0.228. The Morgan fingerprint density at radius 2 is 1.82 bits per heavy atom. The number of amides is 3. The molecule has 0 atom stereocenters. The number of aryl methyl sites for hydroxylation is 1. The van der Waals surface area contributed by atoms with Crippen molar-refractivity contribution in [2.24, 2.45) is 4.99 Å². The lowest BCUT2D eigenvalue weighted by atomic mass is 9.99. The van der Waals surface area contributed by atoms with E-state index in [1.165, 1.54) is 51.9 Å². The number of thioether (sulfide) groups is 1. The van der Waals surface area contributed by atoms with Gasteiger partial charge in [0.15, 0.2) is 5.17 Å². The first-order chi connectivity index (χ1) is 20.9. The second-order valence-corrected chi connectivity index (χ2v) is 11.0. The van der Waals surface area contributed by atoms with Crippen LogP contribution in [0.25, 0.3) is 5.69 Å². The number of aromatic nitrogens is 3. The van der Waals surface area contributed by atoms with Crippen molar-refractivity contribution < 1.29 is 32.2 Å². The number of alkyl halides is 3. The third kappa shape index (κ3) is 7.56. The highest BCUT2D eigenvalue weighted by molar-refractivity contribution is 8.15. The first-order valence-electron chi connectivity index (χ1n) is 13.4. The molecule has 0 aliphatic carbocycles. The van der Waals surface area contributed by atoms with Gasteiger partial charge in [0, 0.05) is 5.69 Å². The summed E-state index contributed by atoms with van der Waals surface area (Å²) in [7, 11) is 0. The smallest absolute Gasteiger partial charge is 0.458 e. The summed E-state index contributed by atoms with van der Waals surface area (Å²) >= 11 is 1.22. The van der Waals surface area contributed by atoms with Gasteiger partial charge in [0.2, 0.25) is 5.91 Å². The summed E-state index contributed by atoms with van der Waals surface area (Å²) in [5, 5.41) is 7.22. The number of amidine groups is 1. The number of hydrogen-bond acceptors (Lipinski definition) is 7. The summed E-state index contributed by atoms with van der Waals surface area (Å²) in [5.41, 5.74) is 4.46. The van der Waals surface area contributed by atoms with E-state index < -0.39 is 12.4 Å². The number of carbonyl (C=O) groups excluding carboxylic acids is 2. The van der Waals surface area contributed by atoms with Crippen LogP contribution in [-0.4, -0.2) is 44.0 Å². The number of nitrogens with one attached hydrogen (secondary N) is 1. The Morgan fingerprint density at radius 1 is 1.09 bits per heavy atom. The van der Waals surface area contributed by atoms with E-state index in [1.807, 2.05) is 39.0 Å². The summed E-state index contributed by atoms with van der Waals surface area (Å²) in [6, 6.07) is 17.4. The standard InChI is InChI=1S/C30H27F3N6O4S/c1-18(2)24-13-4-19(3)14-25(24)39-26(40)16-44-29(39)36-27(41)35-21-7-5-20(6-8-21)15-42-28-34-17-38(37-28)22-9-11-23(12-10-22)43-30(31,32)33/h4-14,17-18H,15-16H2,1-3H3,(H,35,41)/b36-29-. The summed E-state index contributed by atoms with van der Waals surface area (Å²) in [6.45, 7) is 6.17. The Kier molecular flexibility index (Phi) is 8.90. The Labute approximate surface area is 254 Å². The van der Waals surface area contributed by atoms with E-state index in [2.05, 4.69) is 25.1 Å². The van der Waals surface area contributed by atoms with Crippen molar-refractivity contribution in [3.8, 4) is 17.4 Å². The monoisotopic (exact) mass is 624 g/mol. The van der Waals surface area contributed by atoms with Gasteiger partial charge in [-0.1, -0.05) is 49.9 Å². The molecule has 44 heavy (non-hydrogen) atoms. The van der Waals surface area contributed by atoms with Crippen LogP contribution >= 0.6 is 11.8 Å². The Bertz CT molecular complexity index is 1690. The number of benzene rings is 3. The molecular weight excluding hydrogens is 597 g/mol. The van der Waals surface area contributed by atoms with Crippen molar-refractivity contribution >= 4 is 40.2 Å². The van der Waals surface area contributed by atoms with Gasteiger partial charge in [-0.25, -0.2) is 9.48 Å². The van der Waals surface area contributed by atoms with Crippen LogP contribution in [0.3, 0.4) is 0 Å². The first kappa shape index (κ1) is 30.6. The molecule has 1 aliphatic heterocycles. The number of carbonyl (C=O) groups is 2. The zero-order valence-corrected chi connectivity index (χ0v) is 24.6. The van der Waals surface area contributed by atoms with E-state index >= 15 is 0 Å². The number of nitrogens with zero attached hydrogens (tertiary/aromatic N) is 5. The van der Waals surface area contributed by atoms with Crippen LogP contribution in [0.4, 0.5) is 29.3 Å². The molecule has 1 saturated heterocycles. The van der Waals surface area contributed by atoms with E-state index in [0.29, 0.717) is 16.5 Å². The van der Waals surface area contributed by atoms with Gasteiger partial charge in [-0.3, -0.25) is 9.69 Å². The second-order valence-electron chi connectivity index (χ2n) is 10.1. The van der Waals surface area contributed by atoms with E-state index in [0.717, 1.165) is 22.4 Å². The topological polar surface area (TPSA) is 111 Å².